The molecule has 0 fully saturated rings. The molecule has 2 N–H and O–H groups in total. The quantitative estimate of drug-likeness (QED) is 0.355. The van der Waals surface area contributed by atoms with E-state index in [1.165, 1.54) is 11.1 Å². The zero-order chi connectivity index (χ0) is 17.9. The summed E-state index contributed by atoms with van der Waals surface area (Å²) in [6, 6.07) is 21.2. The molecule has 0 aromatic heterocycles. The van der Waals surface area contributed by atoms with Crippen LogP contribution in [0.4, 0.5) is 0 Å². The Morgan fingerprint density at radius 2 is 1.50 bits per heavy atom. The van der Waals surface area contributed by atoms with Crippen LogP contribution < -0.4 is 10.6 Å². The summed E-state index contributed by atoms with van der Waals surface area (Å²) in [5.74, 6) is 1.14. The minimum atomic E-state index is 0. The Kier molecular flexibility index (Phi) is 11.0. The van der Waals surface area contributed by atoms with Crippen molar-refractivity contribution in [3.8, 4) is 0 Å². The standard InChI is InChI=1S/C21H30N4.HI/c1-4-25(3)16-15-23-21(22-2)24-17-20(18-11-7-5-8-12-18)19-13-9-6-10-14-19;/h5-14,20H,4,15-17H2,1-3H3,(H2,22,23,24);1H. The lowest BCUT2D eigenvalue weighted by molar-refractivity contribution is 0.357. The number of nitrogens with one attached hydrogen (secondary N) is 2. The van der Waals surface area contributed by atoms with Gasteiger partial charge in [0.15, 0.2) is 5.96 Å². The fourth-order valence-corrected chi connectivity index (χ4v) is 2.74. The van der Waals surface area contributed by atoms with Crippen LogP contribution in [0.1, 0.15) is 24.0 Å². The molecule has 0 aliphatic carbocycles. The van der Waals surface area contributed by atoms with E-state index >= 15 is 0 Å². The van der Waals surface area contributed by atoms with Crippen LogP contribution in [0.5, 0.6) is 0 Å². The Hall–Kier alpha value is -1.60. The Labute approximate surface area is 175 Å². The van der Waals surface area contributed by atoms with Gasteiger partial charge in [-0.05, 0) is 24.7 Å². The molecule has 26 heavy (non-hydrogen) atoms. The molecule has 5 heteroatoms. The molecule has 4 nitrogen and oxygen atoms in total. The van der Waals surface area contributed by atoms with Crippen LogP contribution in [0.3, 0.4) is 0 Å². The van der Waals surface area contributed by atoms with Crippen molar-refractivity contribution in [1.82, 2.24) is 15.5 Å². The van der Waals surface area contributed by atoms with Gasteiger partial charge < -0.3 is 15.5 Å². The van der Waals surface area contributed by atoms with E-state index < -0.39 is 0 Å². The number of hydrogen-bond acceptors (Lipinski definition) is 2. The molecule has 2 aromatic rings. The summed E-state index contributed by atoms with van der Waals surface area (Å²) in [5, 5.41) is 6.87. The van der Waals surface area contributed by atoms with E-state index in [4.69, 9.17) is 0 Å². The second-order valence-corrected chi connectivity index (χ2v) is 6.15. The molecule has 0 spiro atoms. The Morgan fingerprint density at radius 1 is 0.962 bits per heavy atom. The summed E-state index contributed by atoms with van der Waals surface area (Å²) in [5.41, 5.74) is 2.62. The largest absolute Gasteiger partial charge is 0.355 e. The van der Waals surface area contributed by atoms with Crippen molar-refractivity contribution in [2.75, 3.05) is 40.3 Å². The molecule has 2 aromatic carbocycles. The lowest BCUT2D eigenvalue weighted by atomic mass is 9.91. The zero-order valence-corrected chi connectivity index (χ0v) is 18.3. The summed E-state index contributed by atoms with van der Waals surface area (Å²) < 4.78 is 0. The van der Waals surface area contributed by atoms with Gasteiger partial charge in [-0.3, -0.25) is 4.99 Å². The Balaban J connectivity index is 0.00000338. The average molecular weight is 466 g/mol. The lowest BCUT2D eigenvalue weighted by Crippen LogP contribution is -2.42. The monoisotopic (exact) mass is 466 g/mol. The van der Waals surface area contributed by atoms with Crippen LogP contribution in [-0.2, 0) is 0 Å². The Bertz CT molecular complexity index is 591. The number of likely N-dealkylation sites (N-methyl/N-ethyl adjacent to an activating group) is 1. The van der Waals surface area contributed by atoms with Gasteiger partial charge in [0, 0.05) is 32.6 Å². The number of benzene rings is 2. The van der Waals surface area contributed by atoms with Gasteiger partial charge in [0.2, 0.25) is 0 Å². The molecule has 2 rings (SSSR count). The normalized spacial score (nSPS) is 11.3. The summed E-state index contributed by atoms with van der Waals surface area (Å²) in [6.07, 6.45) is 0. The highest BCUT2D eigenvalue weighted by Crippen LogP contribution is 2.23. The van der Waals surface area contributed by atoms with Crippen molar-refractivity contribution in [2.24, 2.45) is 4.99 Å². The minimum absolute atomic E-state index is 0. The SMILES string of the molecule is CCN(C)CCNC(=NC)NCC(c1ccccc1)c1ccccc1.I. The minimum Gasteiger partial charge on any atom is -0.355 e. The second kappa shape index (κ2) is 12.7. The number of hydrogen-bond donors (Lipinski definition) is 2. The van der Waals surface area contributed by atoms with Crippen molar-refractivity contribution in [3.63, 3.8) is 0 Å². The van der Waals surface area contributed by atoms with Crippen LogP contribution >= 0.6 is 24.0 Å². The summed E-state index contributed by atoms with van der Waals surface area (Å²) in [7, 11) is 3.94. The lowest BCUT2D eigenvalue weighted by Gasteiger charge is -2.21. The number of aliphatic imine (C=N–C) groups is 1. The third-order valence-electron chi connectivity index (χ3n) is 4.43. The molecule has 142 valence electrons. The average Bonchev–Trinajstić information content (AvgIpc) is 2.68. The predicted octanol–water partition coefficient (Wildman–Crippen LogP) is 3.55. The molecule has 0 radical (unpaired) electrons. The first-order valence-electron chi connectivity index (χ1n) is 8.97. The maximum atomic E-state index is 4.35. The highest BCUT2D eigenvalue weighted by Gasteiger charge is 2.14. The van der Waals surface area contributed by atoms with E-state index in [-0.39, 0.29) is 24.0 Å². The molecule has 0 heterocycles. The topological polar surface area (TPSA) is 39.7 Å². The van der Waals surface area contributed by atoms with E-state index in [9.17, 15) is 0 Å². The van der Waals surface area contributed by atoms with Crippen LogP contribution in [0.2, 0.25) is 0 Å². The highest BCUT2D eigenvalue weighted by molar-refractivity contribution is 14.0. The molecular weight excluding hydrogens is 435 g/mol. The third kappa shape index (κ3) is 7.33. The molecule has 0 aliphatic rings. The molecule has 0 amide bonds. The first kappa shape index (κ1) is 22.4. The number of rotatable bonds is 8. The molecule has 0 saturated heterocycles. The first-order chi connectivity index (χ1) is 12.2. The third-order valence-corrected chi connectivity index (χ3v) is 4.43. The fraction of sp³-hybridized carbons (Fsp3) is 0.381. The molecule has 0 unspecified atom stereocenters. The first-order valence-corrected chi connectivity index (χ1v) is 8.97. The van der Waals surface area contributed by atoms with Gasteiger partial charge in [0.25, 0.3) is 0 Å². The predicted molar refractivity (Wildman–Crippen MR) is 123 cm³/mol. The van der Waals surface area contributed by atoms with Gasteiger partial charge in [-0.2, -0.15) is 0 Å². The maximum Gasteiger partial charge on any atom is 0.191 e. The number of guanidine groups is 1. The van der Waals surface area contributed by atoms with Gasteiger partial charge >= 0.3 is 0 Å². The van der Waals surface area contributed by atoms with Crippen LogP contribution in [0, 0.1) is 0 Å². The molecule has 0 aliphatic heterocycles. The van der Waals surface area contributed by atoms with Gasteiger partial charge in [0.05, 0.1) is 0 Å². The smallest absolute Gasteiger partial charge is 0.191 e. The van der Waals surface area contributed by atoms with Gasteiger partial charge in [0.1, 0.15) is 0 Å². The van der Waals surface area contributed by atoms with Crippen molar-refractivity contribution in [2.45, 2.75) is 12.8 Å². The van der Waals surface area contributed by atoms with Gasteiger partial charge in [-0.25, -0.2) is 0 Å². The van der Waals surface area contributed by atoms with E-state index in [0.29, 0.717) is 5.92 Å². The summed E-state index contributed by atoms with van der Waals surface area (Å²) >= 11 is 0. The fourth-order valence-electron chi connectivity index (χ4n) is 2.74. The second-order valence-electron chi connectivity index (χ2n) is 6.15. The van der Waals surface area contributed by atoms with Crippen LogP contribution in [0.25, 0.3) is 0 Å². The van der Waals surface area contributed by atoms with Crippen LogP contribution in [0.15, 0.2) is 65.7 Å². The molecule has 0 saturated carbocycles. The van der Waals surface area contributed by atoms with Crippen LogP contribution in [-0.4, -0.2) is 51.1 Å². The maximum absolute atomic E-state index is 4.35. The molecule has 0 bridgehead atoms. The van der Waals surface area contributed by atoms with Gasteiger partial charge in [-0.15, -0.1) is 24.0 Å². The van der Waals surface area contributed by atoms with E-state index in [2.05, 4.69) is 95.2 Å². The van der Waals surface area contributed by atoms with E-state index in [0.717, 1.165) is 32.1 Å². The van der Waals surface area contributed by atoms with Crippen molar-refractivity contribution in [3.05, 3.63) is 71.8 Å². The summed E-state index contributed by atoms with van der Waals surface area (Å²) in [6.45, 7) is 5.90. The number of halogens is 1. The molecular formula is C21H31IN4. The Morgan fingerprint density at radius 3 is 1.96 bits per heavy atom. The molecule has 0 atom stereocenters. The summed E-state index contributed by atoms with van der Waals surface area (Å²) in [4.78, 5) is 6.62. The van der Waals surface area contributed by atoms with E-state index in [1.54, 1.807) is 0 Å². The van der Waals surface area contributed by atoms with Gasteiger partial charge in [-0.1, -0.05) is 67.6 Å². The van der Waals surface area contributed by atoms with Crippen molar-refractivity contribution < 1.29 is 0 Å². The van der Waals surface area contributed by atoms with Crippen molar-refractivity contribution >= 4 is 29.9 Å². The van der Waals surface area contributed by atoms with Crippen molar-refractivity contribution in [1.29, 1.82) is 0 Å². The zero-order valence-electron chi connectivity index (χ0n) is 16.0. The number of nitrogens with zero attached hydrogens (tertiary/aromatic N) is 2. The highest BCUT2D eigenvalue weighted by atomic mass is 127. The van der Waals surface area contributed by atoms with E-state index in [1.807, 2.05) is 7.05 Å².